The summed E-state index contributed by atoms with van der Waals surface area (Å²) in [7, 11) is 2.10. The minimum atomic E-state index is -0.451. The molecule has 1 rings (SSSR count). The summed E-state index contributed by atoms with van der Waals surface area (Å²) in [6.07, 6.45) is 3.52. The van der Waals surface area contributed by atoms with E-state index in [1.54, 1.807) is 0 Å². The van der Waals surface area contributed by atoms with Gasteiger partial charge in [0.2, 0.25) is 5.91 Å². The molecular formula is C14H25N3O. The van der Waals surface area contributed by atoms with Crippen molar-refractivity contribution in [3.63, 3.8) is 0 Å². The van der Waals surface area contributed by atoms with Crippen LogP contribution in [0.1, 0.15) is 39.5 Å². The van der Waals surface area contributed by atoms with Crippen LogP contribution in [0.5, 0.6) is 0 Å². The van der Waals surface area contributed by atoms with Crippen molar-refractivity contribution in [1.82, 2.24) is 9.80 Å². The Labute approximate surface area is 111 Å². The second kappa shape index (κ2) is 7.38. The highest BCUT2D eigenvalue weighted by atomic mass is 16.2. The summed E-state index contributed by atoms with van der Waals surface area (Å²) in [5, 5.41) is 9.13. The van der Waals surface area contributed by atoms with Crippen molar-refractivity contribution in [2.45, 2.75) is 45.6 Å². The van der Waals surface area contributed by atoms with Gasteiger partial charge in [-0.15, -0.1) is 0 Å². The minimum Gasteiger partial charge on any atom is -0.337 e. The molecule has 0 aromatic rings. The molecular weight excluding hydrogens is 226 g/mol. The van der Waals surface area contributed by atoms with Crippen LogP contribution in [-0.2, 0) is 4.79 Å². The van der Waals surface area contributed by atoms with E-state index < -0.39 is 5.92 Å². The average Bonchev–Trinajstić information content (AvgIpc) is 2.56. The lowest BCUT2D eigenvalue weighted by molar-refractivity contribution is -0.136. The number of carbonyl (C=O) groups excluding carboxylic acids is 1. The molecule has 2 atom stereocenters. The molecule has 1 aliphatic rings. The standard InChI is InChI=1S/C14H25N3O/c1-4-7-12(10-15)14(18)17-9-6-8-16(3)11-13(17)5-2/h12-13H,4-9,11H2,1-3H3. The lowest BCUT2D eigenvalue weighted by Gasteiger charge is -2.31. The predicted octanol–water partition coefficient (Wildman–Crippen LogP) is 1.87. The number of amides is 1. The molecule has 18 heavy (non-hydrogen) atoms. The van der Waals surface area contributed by atoms with Crippen molar-refractivity contribution < 1.29 is 4.79 Å². The maximum Gasteiger partial charge on any atom is 0.240 e. The summed E-state index contributed by atoms with van der Waals surface area (Å²) in [5.74, 6) is -0.408. The van der Waals surface area contributed by atoms with Crippen LogP contribution in [0.25, 0.3) is 0 Å². The summed E-state index contributed by atoms with van der Waals surface area (Å²) >= 11 is 0. The van der Waals surface area contributed by atoms with Crippen molar-refractivity contribution in [1.29, 1.82) is 5.26 Å². The van der Waals surface area contributed by atoms with Crippen LogP contribution in [0.2, 0.25) is 0 Å². The number of nitrogens with zero attached hydrogens (tertiary/aromatic N) is 3. The van der Waals surface area contributed by atoms with Crippen LogP contribution in [0.4, 0.5) is 0 Å². The molecule has 4 heteroatoms. The third-order valence-corrected chi connectivity index (χ3v) is 3.69. The first-order valence-electron chi connectivity index (χ1n) is 7.02. The van der Waals surface area contributed by atoms with Gasteiger partial charge in [-0.1, -0.05) is 20.3 Å². The Bertz CT molecular complexity index is 311. The van der Waals surface area contributed by atoms with Crippen LogP contribution in [-0.4, -0.2) is 48.4 Å². The number of carbonyl (C=O) groups is 1. The van der Waals surface area contributed by atoms with Gasteiger partial charge >= 0.3 is 0 Å². The van der Waals surface area contributed by atoms with Gasteiger partial charge in [-0.25, -0.2) is 0 Å². The molecule has 1 amide bonds. The molecule has 0 spiro atoms. The Kier molecular flexibility index (Phi) is 6.14. The van der Waals surface area contributed by atoms with E-state index in [4.69, 9.17) is 5.26 Å². The highest BCUT2D eigenvalue weighted by Crippen LogP contribution is 2.17. The van der Waals surface area contributed by atoms with Gasteiger partial charge in [-0.2, -0.15) is 5.26 Å². The summed E-state index contributed by atoms with van der Waals surface area (Å²) in [6.45, 7) is 6.89. The van der Waals surface area contributed by atoms with Gasteiger partial charge in [0, 0.05) is 19.1 Å². The predicted molar refractivity (Wildman–Crippen MR) is 71.9 cm³/mol. The zero-order chi connectivity index (χ0) is 13.5. The van der Waals surface area contributed by atoms with Gasteiger partial charge in [0.1, 0.15) is 5.92 Å². The lowest BCUT2D eigenvalue weighted by Crippen LogP contribution is -2.45. The van der Waals surface area contributed by atoms with Gasteiger partial charge < -0.3 is 9.80 Å². The van der Waals surface area contributed by atoms with Crippen LogP contribution in [0.3, 0.4) is 0 Å². The number of rotatable bonds is 4. The molecule has 1 aliphatic heterocycles. The molecule has 0 N–H and O–H groups in total. The van der Waals surface area contributed by atoms with Gasteiger partial charge in [0.05, 0.1) is 6.07 Å². The monoisotopic (exact) mass is 251 g/mol. The van der Waals surface area contributed by atoms with Gasteiger partial charge in [-0.05, 0) is 32.9 Å². The second-order valence-electron chi connectivity index (χ2n) is 5.18. The van der Waals surface area contributed by atoms with E-state index in [9.17, 15) is 4.79 Å². The average molecular weight is 251 g/mol. The molecule has 1 fully saturated rings. The first-order chi connectivity index (χ1) is 8.63. The highest BCUT2D eigenvalue weighted by molar-refractivity contribution is 5.81. The fourth-order valence-corrected chi connectivity index (χ4v) is 2.61. The number of hydrogen-bond acceptors (Lipinski definition) is 3. The molecule has 102 valence electrons. The third-order valence-electron chi connectivity index (χ3n) is 3.69. The maximum atomic E-state index is 12.4. The second-order valence-corrected chi connectivity index (χ2v) is 5.18. The van der Waals surface area contributed by atoms with E-state index in [1.807, 2.05) is 11.8 Å². The fraction of sp³-hybridized carbons (Fsp3) is 0.857. The topological polar surface area (TPSA) is 47.3 Å². The van der Waals surface area contributed by atoms with E-state index in [0.29, 0.717) is 6.42 Å². The lowest BCUT2D eigenvalue weighted by atomic mass is 10.0. The zero-order valence-electron chi connectivity index (χ0n) is 11.9. The van der Waals surface area contributed by atoms with E-state index in [-0.39, 0.29) is 11.9 Å². The molecule has 0 bridgehead atoms. The fourth-order valence-electron chi connectivity index (χ4n) is 2.61. The zero-order valence-corrected chi connectivity index (χ0v) is 11.9. The molecule has 1 saturated heterocycles. The van der Waals surface area contributed by atoms with Gasteiger partial charge in [0.15, 0.2) is 0 Å². The van der Waals surface area contributed by atoms with E-state index >= 15 is 0 Å². The van der Waals surface area contributed by atoms with Crippen LogP contribution in [0, 0.1) is 17.2 Å². The third kappa shape index (κ3) is 3.71. The first kappa shape index (κ1) is 15.0. The summed E-state index contributed by atoms with van der Waals surface area (Å²) in [5.41, 5.74) is 0. The largest absolute Gasteiger partial charge is 0.337 e. The van der Waals surface area contributed by atoms with Crippen molar-refractivity contribution in [2.75, 3.05) is 26.7 Å². The first-order valence-corrected chi connectivity index (χ1v) is 7.02. The molecule has 0 aromatic heterocycles. The molecule has 0 aliphatic carbocycles. The van der Waals surface area contributed by atoms with Crippen LogP contribution < -0.4 is 0 Å². The minimum absolute atomic E-state index is 0.0431. The van der Waals surface area contributed by atoms with Crippen molar-refractivity contribution in [3.8, 4) is 6.07 Å². The number of hydrogen-bond donors (Lipinski definition) is 0. The molecule has 4 nitrogen and oxygen atoms in total. The van der Waals surface area contributed by atoms with Crippen molar-refractivity contribution in [2.24, 2.45) is 5.92 Å². The van der Waals surface area contributed by atoms with E-state index in [0.717, 1.165) is 38.9 Å². The van der Waals surface area contributed by atoms with Gasteiger partial charge in [-0.3, -0.25) is 4.79 Å². The Morgan fingerprint density at radius 2 is 2.17 bits per heavy atom. The van der Waals surface area contributed by atoms with Gasteiger partial charge in [0.25, 0.3) is 0 Å². The smallest absolute Gasteiger partial charge is 0.240 e. The Morgan fingerprint density at radius 1 is 1.44 bits per heavy atom. The Morgan fingerprint density at radius 3 is 2.72 bits per heavy atom. The SMILES string of the molecule is CCCC(C#N)C(=O)N1CCCN(C)CC1CC. The Hall–Kier alpha value is -1.08. The molecule has 0 radical (unpaired) electrons. The van der Waals surface area contributed by atoms with E-state index in [1.165, 1.54) is 0 Å². The summed E-state index contributed by atoms with van der Waals surface area (Å²) in [4.78, 5) is 16.7. The Balaban J connectivity index is 2.77. The highest BCUT2D eigenvalue weighted by Gasteiger charge is 2.30. The summed E-state index contributed by atoms with van der Waals surface area (Å²) < 4.78 is 0. The summed E-state index contributed by atoms with van der Waals surface area (Å²) in [6, 6.07) is 2.43. The molecule has 0 aromatic carbocycles. The van der Waals surface area contributed by atoms with Crippen molar-refractivity contribution in [3.05, 3.63) is 0 Å². The maximum absolute atomic E-state index is 12.4. The van der Waals surface area contributed by atoms with E-state index in [2.05, 4.69) is 24.9 Å². The quantitative estimate of drug-likeness (QED) is 0.766. The van der Waals surface area contributed by atoms with Crippen molar-refractivity contribution >= 4 is 5.91 Å². The van der Waals surface area contributed by atoms with Crippen LogP contribution >= 0.6 is 0 Å². The number of likely N-dealkylation sites (N-methyl/N-ethyl adjacent to an activating group) is 1. The molecule has 1 heterocycles. The normalized spacial score (nSPS) is 23.2. The van der Waals surface area contributed by atoms with Crippen LogP contribution in [0.15, 0.2) is 0 Å². The number of nitriles is 1. The molecule has 0 saturated carbocycles. The molecule has 2 unspecified atom stereocenters.